The lowest BCUT2D eigenvalue weighted by Crippen LogP contribution is -2.45. The summed E-state index contributed by atoms with van der Waals surface area (Å²) in [5.41, 5.74) is 0. The second-order valence-corrected chi connectivity index (χ2v) is 13.7. The summed E-state index contributed by atoms with van der Waals surface area (Å²) in [6, 6.07) is -0.636. The molecule has 0 saturated heterocycles. The lowest BCUT2D eigenvalue weighted by molar-refractivity contribution is -0.123. The average Bonchev–Trinajstić information content (AvgIpc) is 3.06. The first kappa shape index (κ1) is 44.6. The van der Waals surface area contributed by atoms with Crippen LogP contribution in [-0.2, 0) is 4.79 Å². The smallest absolute Gasteiger partial charge is 0.220 e. The number of amides is 1. The normalized spacial score (nSPS) is 13.4. The number of carbonyl (C=O) groups is 1. The van der Waals surface area contributed by atoms with Crippen LogP contribution in [0.15, 0.2) is 36.5 Å². The molecule has 0 aliphatic carbocycles. The van der Waals surface area contributed by atoms with Crippen molar-refractivity contribution in [2.45, 2.75) is 219 Å². The summed E-state index contributed by atoms with van der Waals surface area (Å²) in [6.07, 6.45) is 49.5. The molecular weight excluding hydrogens is 566 g/mol. The van der Waals surface area contributed by atoms with Gasteiger partial charge in [-0.3, -0.25) is 4.79 Å². The SMILES string of the molecule is CCCCCCCC/C=C/CCCCCCCCCCCCCC(=O)N[C@@H](CO)[C@H](O)/C=C/CC/C=C/CCCCCCCCC. The van der Waals surface area contributed by atoms with Crippen LogP contribution < -0.4 is 5.32 Å². The Balaban J connectivity index is 3.59. The highest BCUT2D eigenvalue weighted by Gasteiger charge is 2.17. The van der Waals surface area contributed by atoms with Gasteiger partial charge in [0.1, 0.15) is 0 Å². The maximum absolute atomic E-state index is 12.3. The standard InChI is InChI=1S/C42H79NO3/c1-3-5-7-9-11-13-15-17-18-19-20-21-22-23-24-26-28-30-32-34-36-38-42(46)43-40(39-44)41(45)37-35-33-31-29-27-25-16-14-12-10-8-6-4-2/h17-18,27,29,35,37,40-41,44-45H,3-16,19-26,28,30-34,36,38-39H2,1-2H3,(H,43,46)/b18-17+,29-27+,37-35+/t40-,41+/m0/s1. The van der Waals surface area contributed by atoms with Crippen LogP contribution in [0.25, 0.3) is 0 Å². The van der Waals surface area contributed by atoms with Gasteiger partial charge in [-0.25, -0.2) is 0 Å². The van der Waals surface area contributed by atoms with Gasteiger partial charge in [-0.15, -0.1) is 0 Å². The van der Waals surface area contributed by atoms with Gasteiger partial charge in [-0.05, 0) is 57.8 Å². The summed E-state index contributed by atoms with van der Waals surface area (Å²) >= 11 is 0. The van der Waals surface area contributed by atoms with E-state index < -0.39 is 12.1 Å². The molecule has 4 heteroatoms. The predicted octanol–water partition coefficient (Wildman–Crippen LogP) is 12.2. The van der Waals surface area contributed by atoms with Crippen LogP contribution in [0.1, 0.15) is 206 Å². The van der Waals surface area contributed by atoms with Crippen molar-refractivity contribution in [1.82, 2.24) is 5.32 Å². The molecule has 0 aromatic carbocycles. The molecule has 46 heavy (non-hydrogen) atoms. The van der Waals surface area contributed by atoms with E-state index in [1.165, 1.54) is 154 Å². The van der Waals surface area contributed by atoms with Crippen LogP contribution in [0.4, 0.5) is 0 Å². The number of hydrogen-bond donors (Lipinski definition) is 3. The Morgan fingerprint density at radius 1 is 0.500 bits per heavy atom. The monoisotopic (exact) mass is 646 g/mol. The number of aliphatic hydroxyl groups excluding tert-OH is 2. The van der Waals surface area contributed by atoms with Crippen LogP contribution in [0, 0.1) is 0 Å². The molecule has 1 amide bonds. The number of unbranched alkanes of at least 4 members (excludes halogenated alkanes) is 25. The molecule has 2 atom stereocenters. The van der Waals surface area contributed by atoms with Gasteiger partial charge in [-0.1, -0.05) is 179 Å². The summed E-state index contributed by atoms with van der Waals surface area (Å²) in [7, 11) is 0. The molecule has 0 heterocycles. The predicted molar refractivity (Wildman–Crippen MR) is 202 cm³/mol. The number of nitrogens with one attached hydrogen (secondary N) is 1. The van der Waals surface area contributed by atoms with Crippen molar-refractivity contribution in [1.29, 1.82) is 0 Å². The molecule has 0 fully saturated rings. The first-order valence-electron chi connectivity index (χ1n) is 20.2. The third kappa shape index (κ3) is 34.0. The largest absolute Gasteiger partial charge is 0.394 e. The maximum atomic E-state index is 12.3. The Kier molecular flexibility index (Phi) is 36.9. The van der Waals surface area contributed by atoms with Crippen LogP contribution >= 0.6 is 0 Å². The van der Waals surface area contributed by atoms with Crippen LogP contribution in [-0.4, -0.2) is 34.9 Å². The second-order valence-electron chi connectivity index (χ2n) is 13.7. The zero-order valence-corrected chi connectivity index (χ0v) is 30.8. The first-order chi connectivity index (χ1) is 22.7. The lowest BCUT2D eigenvalue weighted by Gasteiger charge is -2.19. The average molecular weight is 646 g/mol. The lowest BCUT2D eigenvalue weighted by atomic mass is 10.0. The van der Waals surface area contributed by atoms with E-state index >= 15 is 0 Å². The van der Waals surface area contributed by atoms with Gasteiger partial charge in [0.2, 0.25) is 5.91 Å². The molecule has 0 aromatic rings. The summed E-state index contributed by atoms with van der Waals surface area (Å²) in [5.74, 6) is -0.0758. The highest BCUT2D eigenvalue weighted by molar-refractivity contribution is 5.76. The van der Waals surface area contributed by atoms with Crippen molar-refractivity contribution in [3.63, 3.8) is 0 Å². The van der Waals surface area contributed by atoms with E-state index in [0.29, 0.717) is 6.42 Å². The van der Waals surface area contributed by atoms with Gasteiger partial charge >= 0.3 is 0 Å². The van der Waals surface area contributed by atoms with Crippen molar-refractivity contribution in [3.05, 3.63) is 36.5 Å². The number of carbonyl (C=O) groups excluding carboxylic acids is 1. The van der Waals surface area contributed by atoms with Gasteiger partial charge in [0.15, 0.2) is 0 Å². The molecular formula is C42H79NO3. The van der Waals surface area contributed by atoms with Crippen molar-refractivity contribution >= 4 is 5.91 Å². The fraction of sp³-hybridized carbons (Fsp3) is 0.833. The van der Waals surface area contributed by atoms with Crippen molar-refractivity contribution < 1.29 is 15.0 Å². The van der Waals surface area contributed by atoms with Gasteiger partial charge in [0.05, 0.1) is 18.8 Å². The van der Waals surface area contributed by atoms with Gasteiger partial charge < -0.3 is 15.5 Å². The molecule has 3 N–H and O–H groups in total. The van der Waals surface area contributed by atoms with Crippen molar-refractivity contribution in [2.75, 3.05) is 6.61 Å². The van der Waals surface area contributed by atoms with E-state index in [1.54, 1.807) is 6.08 Å². The van der Waals surface area contributed by atoms with Gasteiger partial charge in [-0.2, -0.15) is 0 Å². The molecule has 0 aliphatic heterocycles. The van der Waals surface area contributed by atoms with Crippen LogP contribution in [0.2, 0.25) is 0 Å². The quantitative estimate of drug-likeness (QED) is 0.0469. The Morgan fingerprint density at radius 2 is 0.848 bits per heavy atom. The van der Waals surface area contributed by atoms with Gasteiger partial charge in [0, 0.05) is 6.42 Å². The third-order valence-electron chi connectivity index (χ3n) is 9.10. The van der Waals surface area contributed by atoms with Crippen molar-refractivity contribution in [2.24, 2.45) is 0 Å². The molecule has 0 rings (SSSR count). The fourth-order valence-electron chi connectivity index (χ4n) is 5.95. The molecule has 0 unspecified atom stereocenters. The molecule has 0 bridgehead atoms. The molecule has 0 aromatic heterocycles. The van der Waals surface area contributed by atoms with E-state index in [-0.39, 0.29) is 12.5 Å². The maximum Gasteiger partial charge on any atom is 0.220 e. The summed E-state index contributed by atoms with van der Waals surface area (Å²) < 4.78 is 0. The Morgan fingerprint density at radius 3 is 1.26 bits per heavy atom. The highest BCUT2D eigenvalue weighted by Crippen LogP contribution is 2.14. The fourth-order valence-corrected chi connectivity index (χ4v) is 5.95. The topological polar surface area (TPSA) is 69.6 Å². The van der Waals surface area contributed by atoms with Crippen LogP contribution in [0.3, 0.4) is 0 Å². The minimum Gasteiger partial charge on any atom is -0.394 e. The summed E-state index contributed by atoms with van der Waals surface area (Å²) in [5, 5.41) is 22.9. The molecule has 0 spiro atoms. The third-order valence-corrected chi connectivity index (χ3v) is 9.10. The highest BCUT2D eigenvalue weighted by atomic mass is 16.3. The Labute approximate surface area is 287 Å². The summed E-state index contributed by atoms with van der Waals surface area (Å²) in [6.45, 7) is 4.28. The first-order valence-corrected chi connectivity index (χ1v) is 20.2. The number of allylic oxidation sites excluding steroid dienone is 5. The minimum atomic E-state index is -0.859. The zero-order valence-electron chi connectivity index (χ0n) is 30.8. The molecule has 0 radical (unpaired) electrons. The number of hydrogen-bond acceptors (Lipinski definition) is 3. The van der Waals surface area contributed by atoms with Crippen molar-refractivity contribution in [3.8, 4) is 0 Å². The van der Waals surface area contributed by atoms with Gasteiger partial charge in [0.25, 0.3) is 0 Å². The summed E-state index contributed by atoms with van der Waals surface area (Å²) in [4.78, 5) is 12.3. The molecule has 0 aliphatic rings. The van der Waals surface area contributed by atoms with Crippen LogP contribution in [0.5, 0.6) is 0 Å². The Hall–Kier alpha value is -1.39. The zero-order chi connectivity index (χ0) is 33.6. The van der Waals surface area contributed by atoms with E-state index in [9.17, 15) is 15.0 Å². The Bertz CT molecular complexity index is 701. The second kappa shape index (κ2) is 38.1. The minimum absolute atomic E-state index is 0.0758. The van der Waals surface area contributed by atoms with E-state index in [0.717, 1.165) is 32.1 Å². The molecule has 4 nitrogen and oxygen atoms in total. The van der Waals surface area contributed by atoms with E-state index in [4.69, 9.17) is 0 Å². The van der Waals surface area contributed by atoms with E-state index in [2.05, 4.69) is 43.5 Å². The molecule has 270 valence electrons. The number of rotatable bonds is 36. The van der Waals surface area contributed by atoms with E-state index in [1.807, 2.05) is 6.08 Å². The molecule has 0 saturated carbocycles. The number of aliphatic hydroxyl groups is 2.